The average Bonchev–Trinajstić information content (AvgIpc) is 2.15. The molecule has 0 N–H and O–H groups in total. The summed E-state index contributed by atoms with van der Waals surface area (Å²) in [7, 11) is 1.34. The number of carbonyl (C=O) groups is 1. The summed E-state index contributed by atoms with van der Waals surface area (Å²) in [6.07, 6.45) is 0. The molecule has 14 heavy (non-hydrogen) atoms. The zero-order valence-electron chi connectivity index (χ0n) is 7.93. The normalized spacial score (nSPS) is 10.0. The van der Waals surface area contributed by atoms with Crippen LogP contribution in [0.3, 0.4) is 0 Å². The van der Waals surface area contributed by atoms with Gasteiger partial charge in [-0.05, 0) is 24.1 Å². The summed E-state index contributed by atoms with van der Waals surface area (Å²) in [6.45, 7) is 1.93. The molecule has 0 saturated heterocycles. The van der Waals surface area contributed by atoms with Crippen LogP contribution in [0, 0.1) is 6.92 Å². The molecule has 1 rings (SSSR count). The molecule has 0 aliphatic carbocycles. The topological polar surface area (TPSA) is 26.3 Å². The van der Waals surface area contributed by atoms with Crippen LogP contribution in [0.15, 0.2) is 12.1 Å². The van der Waals surface area contributed by atoms with Gasteiger partial charge in [0.2, 0.25) is 0 Å². The van der Waals surface area contributed by atoms with Crippen LogP contribution in [0.25, 0.3) is 0 Å². The smallest absolute Gasteiger partial charge is 0.339 e. The Balaban J connectivity index is 3.32. The first kappa shape index (κ1) is 11.5. The average molecular weight is 278 g/mol. The van der Waals surface area contributed by atoms with Gasteiger partial charge in [0.1, 0.15) is 0 Å². The molecule has 1 aromatic rings. The first-order valence-electron chi connectivity index (χ1n) is 4.03. The molecule has 0 aliphatic heterocycles. The second-order valence-corrected chi connectivity index (χ2v) is 3.87. The molecule has 4 heteroatoms. The third kappa shape index (κ3) is 2.28. The van der Waals surface area contributed by atoms with Gasteiger partial charge in [0.15, 0.2) is 0 Å². The van der Waals surface area contributed by atoms with E-state index in [-0.39, 0.29) is 0 Å². The zero-order valence-corrected chi connectivity index (χ0v) is 10.3. The van der Waals surface area contributed by atoms with E-state index in [9.17, 15) is 4.79 Å². The Bertz CT molecular complexity index is 363. The third-order valence-electron chi connectivity index (χ3n) is 1.85. The second-order valence-electron chi connectivity index (χ2n) is 2.91. The van der Waals surface area contributed by atoms with Gasteiger partial charge in [-0.2, -0.15) is 0 Å². The standard InChI is InChI=1S/C10H10BrClO2/c1-6-3-7(5-11)9(8(12)4-6)10(13)14-2/h3-4H,5H2,1-2H3. The van der Waals surface area contributed by atoms with Gasteiger partial charge in [0, 0.05) is 5.33 Å². The van der Waals surface area contributed by atoms with Crippen LogP contribution in [-0.4, -0.2) is 13.1 Å². The lowest BCUT2D eigenvalue weighted by molar-refractivity contribution is 0.0600. The molecule has 0 atom stereocenters. The van der Waals surface area contributed by atoms with E-state index in [0.717, 1.165) is 11.1 Å². The maximum absolute atomic E-state index is 11.4. The van der Waals surface area contributed by atoms with Gasteiger partial charge in [0.05, 0.1) is 17.7 Å². The summed E-state index contributed by atoms with van der Waals surface area (Å²) in [4.78, 5) is 11.4. The van der Waals surface area contributed by atoms with Crippen molar-refractivity contribution in [3.05, 3.63) is 33.8 Å². The van der Waals surface area contributed by atoms with Gasteiger partial charge < -0.3 is 4.74 Å². The van der Waals surface area contributed by atoms with Gasteiger partial charge in [-0.15, -0.1) is 0 Å². The summed E-state index contributed by atoms with van der Waals surface area (Å²) < 4.78 is 4.66. The van der Waals surface area contributed by atoms with Gasteiger partial charge in [0.25, 0.3) is 0 Å². The van der Waals surface area contributed by atoms with Crippen molar-refractivity contribution in [2.24, 2.45) is 0 Å². The van der Waals surface area contributed by atoms with Crippen LogP contribution in [-0.2, 0) is 10.1 Å². The van der Waals surface area contributed by atoms with Gasteiger partial charge in [-0.25, -0.2) is 4.79 Å². The molecule has 0 unspecified atom stereocenters. The number of aryl methyl sites for hydroxylation is 1. The summed E-state index contributed by atoms with van der Waals surface area (Å²) in [5, 5.41) is 1.02. The fraction of sp³-hybridized carbons (Fsp3) is 0.300. The molecular formula is C10H10BrClO2. The van der Waals surface area contributed by atoms with E-state index < -0.39 is 5.97 Å². The van der Waals surface area contributed by atoms with E-state index in [4.69, 9.17) is 11.6 Å². The van der Waals surface area contributed by atoms with E-state index in [1.54, 1.807) is 6.07 Å². The number of hydrogen-bond acceptors (Lipinski definition) is 2. The summed E-state index contributed by atoms with van der Waals surface area (Å²) in [5.74, 6) is -0.399. The first-order valence-corrected chi connectivity index (χ1v) is 5.53. The van der Waals surface area contributed by atoms with E-state index in [1.165, 1.54) is 7.11 Å². The molecule has 0 aromatic heterocycles. The minimum atomic E-state index is -0.399. The monoisotopic (exact) mass is 276 g/mol. The van der Waals surface area contributed by atoms with Crippen molar-refractivity contribution in [2.75, 3.05) is 7.11 Å². The number of hydrogen-bond donors (Lipinski definition) is 0. The molecule has 0 aliphatic rings. The molecule has 0 fully saturated rings. The number of benzene rings is 1. The van der Waals surface area contributed by atoms with E-state index in [0.29, 0.717) is 15.9 Å². The Kier molecular flexibility index (Phi) is 3.96. The summed E-state index contributed by atoms with van der Waals surface area (Å²) in [5.41, 5.74) is 2.32. The molecule has 0 spiro atoms. The fourth-order valence-corrected chi connectivity index (χ4v) is 2.06. The third-order valence-corrected chi connectivity index (χ3v) is 2.75. The maximum atomic E-state index is 11.4. The Morgan fingerprint density at radius 2 is 2.21 bits per heavy atom. The summed E-state index contributed by atoms with van der Waals surface area (Å²) in [6, 6.07) is 3.66. The van der Waals surface area contributed by atoms with E-state index in [2.05, 4.69) is 20.7 Å². The van der Waals surface area contributed by atoms with Crippen LogP contribution in [0.1, 0.15) is 21.5 Å². The van der Waals surface area contributed by atoms with Gasteiger partial charge in [-0.3, -0.25) is 0 Å². The molecule has 0 bridgehead atoms. The van der Waals surface area contributed by atoms with Gasteiger partial charge >= 0.3 is 5.97 Å². The van der Waals surface area contributed by atoms with Crippen molar-refractivity contribution in [1.29, 1.82) is 0 Å². The highest BCUT2D eigenvalue weighted by molar-refractivity contribution is 9.08. The van der Waals surface area contributed by atoms with E-state index in [1.807, 2.05) is 13.0 Å². The predicted molar refractivity (Wildman–Crippen MR) is 60.2 cm³/mol. The van der Waals surface area contributed by atoms with Crippen LogP contribution < -0.4 is 0 Å². The number of methoxy groups -OCH3 is 1. The highest BCUT2D eigenvalue weighted by atomic mass is 79.9. The minimum absolute atomic E-state index is 0.399. The highest BCUT2D eigenvalue weighted by Gasteiger charge is 2.15. The van der Waals surface area contributed by atoms with Gasteiger partial charge in [-0.1, -0.05) is 33.6 Å². The van der Waals surface area contributed by atoms with Crippen LogP contribution in [0.4, 0.5) is 0 Å². The molecule has 0 amide bonds. The van der Waals surface area contributed by atoms with Crippen molar-refractivity contribution in [3.63, 3.8) is 0 Å². The second kappa shape index (κ2) is 4.80. The van der Waals surface area contributed by atoms with Crippen LogP contribution in [0.2, 0.25) is 5.02 Å². The Morgan fingerprint density at radius 3 is 2.71 bits per heavy atom. The predicted octanol–water partition coefficient (Wildman–Crippen LogP) is 3.33. The molecule has 1 aromatic carbocycles. The number of alkyl halides is 1. The lowest BCUT2D eigenvalue weighted by Crippen LogP contribution is -2.06. The number of carbonyl (C=O) groups excluding carboxylic acids is 1. The van der Waals surface area contributed by atoms with E-state index >= 15 is 0 Å². The molecule has 76 valence electrons. The minimum Gasteiger partial charge on any atom is -0.465 e. The van der Waals surface area contributed by atoms with Crippen molar-refractivity contribution >= 4 is 33.5 Å². The SMILES string of the molecule is COC(=O)c1c(Cl)cc(C)cc1CBr. The van der Waals surface area contributed by atoms with Crippen molar-refractivity contribution in [1.82, 2.24) is 0 Å². The quantitative estimate of drug-likeness (QED) is 0.612. The zero-order chi connectivity index (χ0) is 10.7. The highest BCUT2D eigenvalue weighted by Crippen LogP contribution is 2.24. The number of halogens is 2. The molecule has 2 nitrogen and oxygen atoms in total. The molecule has 0 radical (unpaired) electrons. The summed E-state index contributed by atoms with van der Waals surface area (Å²) >= 11 is 9.27. The molecule has 0 saturated carbocycles. The maximum Gasteiger partial charge on any atom is 0.339 e. The van der Waals surface area contributed by atoms with Crippen LogP contribution in [0.5, 0.6) is 0 Å². The Labute approximate surface area is 96.3 Å². The van der Waals surface area contributed by atoms with Crippen molar-refractivity contribution in [2.45, 2.75) is 12.3 Å². The van der Waals surface area contributed by atoms with Crippen molar-refractivity contribution in [3.8, 4) is 0 Å². The molecule has 0 heterocycles. The first-order chi connectivity index (χ1) is 6.60. The Hall–Kier alpha value is -0.540. The number of rotatable bonds is 2. The lowest BCUT2D eigenvalue weighted by atomic mass is 10.1. The lowest BCUT2D eigenvalue weighted by Gasteiger charge is -2.08. The van der Waals surface area contributed by atoms with Crippen LogP contribution >= 0.6 is 27.5 Å². The Morgan fingerprint density at radius 1 is 1.57 bits per heavy atom. The number of esters is 1. The fourth-order valence-electron chi connectivity index (χ4n) is 1.25. The largest absolute Gasteiger partial charge is 0.465 e. The molecular weight excluding hydrogens is 267 g/mol. The number of ether oxygens (including phenoxy) is 1. The van der Waals surface area contributed by atoms with Crippen molar-refractivity contribution < 1.29 is 9.53 Å².